The Morgan fingerprint density at radius 2 is 1.82 bits per heavy atom. The van der Waals surface area contributed by atoms with E-state index >= 15 is 0 Å². The van der Waals surface area contributed by atoms with E-state index in [4.69, 9.17) is 4.74 Å². The molecule has 2 aromatic rings. The van der Waals surface area contributed by atoms with Gasteiger partial charge in [-0.3, -0.25) is 4.79 Å². The molecule has 2 aromatic carbocycles. The Morgan fingerprint density at radius 3 is 2.50 bits per heavy atom. The molecule has 2 rings (SSSR count). The Labute approximate surface area is 130 Å². The molecule has 4 heteroatoms. The van der Waals surface area contributed by atoms with Crippen molar-refractivity contribution in [3.8, 4) is 5.75 Å². The van der Waals surface area contributed by atoms with Crippen molar-refractivity contribution in [2.24, 2.45) is 0 Å². The van der Waals surface area contributed by atoms with Gasteiger partial charge < -0.3 is 9.64 Å². The number of hydrogen-bond acceptors (Lipinski definition) is 2. The van der Waals surface area contributed by atoms with Crippen molar-refractivity contribution in [2.75, 3.05) is 14.2 Å². The first-order chi connectivity index (χ1) is 10.5. The molecule has 0 saturated heterocycles. The maximum atomic E-state index is 13.9. The lowest BCUT2D eigenvalue weighted by atomic mass is 10.0. The van der Waals surface area contributed by atoms with E-state index < -0.39 is 0 Å². The highest BCUT2D eigenvalue weighted by molar-refractivity contribution is 5.79. The Balaban J connectivity index is 2.14. The Morgan fingerprint density at radius 1 is 1.18 bits per heavy atom. The second-order valence-electron chi connectivity index (χ2n) is 5.19. The van der Waals surface area contributed by atoms with Crippen LogP contribution >= 0.6 is 0 Å². The van der Waals surface area contributed by atoms with Crippen molar-refractivity contribution >= 4 is 5.91 Å². The highest BCUT2D eigenvalue weighted by Crippen LogP contribution is 2.24. The summed E-state index contributed by atoms with van der Waals surface area (Å²) in [5.74, 6) is 0.301. The average molecular weight is 301 g/mol. The van der Waals surface area contributed by atoms with Gasteiger partial charge >= 0.3 is 0 Å². The fraction of sp³-hybridized carbons (Fsp3) is 0.278. The van der Waals surface area contributed by atoms with Crippen LogP contribution in [0.1, 0.15) is 24.1 Å². The fourth-order valence-corrected chi connectivity index (χ4v) is 2.38. The van der Waals surface area contributed by atoms with E-state index in [-0.39, 0.29) is 24.2 Å². The molecule has 0 N–H and O–H groups in total. The number of carbonyl (C=O) groups excluding carboxylic acids is 1. The van der Waals surface area contributed by atoms with Gasteiger partial charge in [0.1, 0.15) is 11.6 Å². The first-order valence-electron chi connectivity index (χ1n) is 7.16. The molecule has 0 radical (unpaired) electrons. The van der Waals surface area contributed by atoms with Crippen molar-refractivity contribution in [3.63, 3.8) is 0 Å². The molecule has 0 aliphatic carbocycles. The Kier molecular flexibility index (Phi) is 5.15. The molecule has 0 aromatic heterocycles. The molecule has 0 aliphatic rings. The molecule has 116 valence electrons. The van der Waals surface area contributed by atoms with Crippen molar-refractivity contribution in [1.29, 1.82) is 0 Å². The number of rotatable bonds is 5. The highest BCUT2D eigenvalue weighted by Gasteiger charge is 2.20. The van der Waals surface area contributed by atoms with Gasteiger partial charge in [0.05, 0.1) is 19.6 Å². The molecule has 1 amide bonds. The maximum absolute atomic E-state index is 13.9. The van der Waals surface area contributed by atoms with Gasteiger partial charge in [-0.05, 0) is 19.1 Å². The quantitative estimate of drug-likeness (QED) is 0.844. The number of methoxy groups -OCH3 is 1. The number of likely N-dealkylation sites (N-methyl/N-ethyl adjacent to an activating group) is 1. The number of carbonyl (C=O) groups is 1. The molecule has 0 saturated carbocycles. The molecule has 0 heterocycles. The summed E-state index contributed by atoms with van der Waals surface area (Å²) >= 11 is 0. The van der Waals surface area contributed by atoms with Gasteiger partial charge in [0.2, 0.25) is 5.91 Å². The second kappa shape index (κ2) is 7.07. The molecule has 0 spiro atoms. The number of halogens is 1. The zero-order valence-electron chi connectivity index (χ0n) is 13.0. The summed E-state index contributed by atoms with van der Waals surface area (Å²) in [6, 6.07) is 13.6. The SMILES string of the molecule is COc1ccccc1CC(=O)N(C)[C@@H](C)c1ccccc1F. The van der Waals surface area contributed by atoms with Gasteiger partial charge in [0, 0.05) is 18.2 Å². The number of amides is 1. The predicted octanol–water partition coefficient (Wildman–Crippen LogP) is 3.60. The minimum Gasteiger partial charge on any atom is -0.496 e. The summed E-state index contributed by atoms with van der Waals surface area (Å²) < 4.78 is 19.1. The van der Waals surface area contributed by atoms with Crippen LogP contribution in [-0.4, -0.2) is 25.0 Å². The van der Waals surface area contributed by atoms with E-state index in [1.807, 2.05) is 31.2 Å². The van der Waals surface area contributed by atoms with Crippen molar-refractivity contribution in [1.82, 2.24) is 4.90 Å². The molecule has 0 fully saturated rings. The third kappa shape index (κ3) is 3.45. The monoisotopic (exact) mass is 301 g/mol. The summed E-state index contributed by atoms with van der Waals surface area (Å²) in [6.07, 6.45) is 0.222. The molecule has 3 nitrogen and oxygen atoms in total. The Hall–Kier alpha value is -2.36. The molecular formula is C18H20FNO2. The van der Waals surface area contributed by atoms with E-state index in [1.54, 1.807) is 37.3 Å². The van der Waals surface area contributed by atoms with Crippen LogP contribution in [0, 0.1) is 5.82 Å². The fourth-order valence-electron chi connectivity index (χ4n) is 2.38. The van der Waals surface area contributed by atoms with E-state index in [1.165, 1.54) is 6.07 Å². The first kappa shape index (κ1) is 16.0. The minimum absolute atomic E-state index is 0.0831. The molecule has 1 atom stereocenters. The van der Waals surface area contributed by atoms with Gasteiger partial charge in [0.25, 0.3) is 0 Å². The minimum atomic E-state index is -0.330. The zero-order valence-corrected chi connectivity index (χ0v) is 13.0. The molecule has 0 bridgehead atoms. The predicted molar refractivity (Wildman–Crippen MR) is 84.3 cm³/mol. The topological polar surface area (TPSA) is 29.5 Å². The lowest BCUT2D eigenvalue weighted by Gasteiger charge is -2.26. The molecule has 22 heavy (non-hydrogen) atoms. The van der Waals surface area contributed by atoms with E-state index in [2.05, 4.69) is 0 Å². The van der Waals surface area contributed by atoms with Crippen molar-refractivity contribution in [2.45, 2.75) is 19.4 Å². The van der Waals surface area contributed by atoms with Crippen LogP contribution in [0.2, 0.25) is 0 Å². The van der Waals surface area contributed by atoms with Crippen LogP contribution in [0.3, 0.4) is 0 Å². The van der Waals surface area contributed by atoms with Gasteiger partial charge in [0.15, 0.2) is 0 Å². The van der Waals surface area contributed by atoms with E-state index in [9.17, 15) is 9.18 Å². The van der Waals surface area contributed by atoms with Gasteiger partial charge in [-0.25, -0.2) is 4.39 Å². The van der Waals surface area contributed by atoms with Crippen LogP contribution in [-0.2, 0) is 11.2 Å². The van der Waals surface area contributed by atoms with Gasteiger partial charge in [-0.2, -0.15) is 0 Å². The lowest BCUT2D eigenvalue weighted by Crippen LogP contribution is -2.31. The van der Waals surface area contributed by atoms with E-state index in [0.29, 0.717) is 11.3 Å². The summed E-state index contributed by atoms with van der Waals surface area (Å²) in [6.45, 7) is 1.82. The molecule has 0 unspecified atom stereocenters. The third-order valence-corrected chi connectivity index (χ3v) is 3.86. The molecule has 0 aliphatic heterocycles. The van der Waals surface area contributed by atoms with Crippen LogP contribution < -0.4 is 4.74 Å². The lowest BCUT2D eigenvalue weighted by molar-refractivity contribution is -0.131. The summed E-state index contributed by atoms with van der Waals surface area (Å²) in [7, 11) is 3.27. The number of nitrogens with zero attached hydrogens (tertiary/aromatic N) is 1. The largest absolute Gasteiger partial charge is 0.496 e. The maximum Gasteiger partial charge on any atom is 0.227 e. The van der Waals surface area contributed by atoms with Crippen molar-refractivity contribution in [3.05, 3.63) is 65.5 Å². The summed E-state index contributed by atoms with van der Waals surface area (Å²) in [5.41, 5.74) is 1.33. The number of para-hydroxylation sites is 1. The van der Waals surface area contributed by atoms with Gasteiger partial charge in [-0.15, -0.1) is 0 Å². The summed E-state index contributed by atoms with van der Waals surface area (Å²) in [5, 5.41) is 0. The molecular weight excluding hydrogens is 281 g/mol. The van der Waals surface area contributed by atoms with Crippen LogP contribution in [0.25, 0.3) is 0 Å². The van der Waals surface area contributed by atoms with E-state index in [0.717, 1.165) is 5.56 Å². The number of ether oxygens (including phenoxy) is 1. The Bertz CT molecular complexity index is 657. The number of benzene rings is 2. The standard InChI is InChI=1S/C18H20FNO2/c1-13(15-9-5-6-10-16(15)19)20(2)18(21)12-14-8-4-7-11-17(14)22-3/h4-11,13H,12H2,1-3H3/t13-/m0/s1. The van der Waals surface area contributed by atoms with Crippen LogP contribution in [0.5, 0.6) is 5.75 Å². The normalized spacial score (nSPS) is 11.8. The van der Waals surface area contributed by atoms with Crippen LogP contribution in [0.4, 0.5) is 4.39 Å². The van der Waals surface area contributed by atoms with Crippen molar-refractivity contribution < 1.29 is 13.9 Å². The number of hydrogen-bond donors (Lipinski definition) is 0. The smallest absolute Gasteiger partial charge is 0.227 e. The zero-order chi connectivity index (χ0) is 16.1. The first-order valence-corrected chi connectivity index (χ1v) is 7.16. The highest BCUT2D eigenvalue weighted by atomic mass is 19.1. The third-order valence-electron chi connectivity index (χ3n) is 3.86. The van der Waals surface area contributed by atoms with Gasteiger partial charge in [-0.1, -0.05) is 36.4 Å². The summed E-state index contributed by atoms with van der Waals surface area (Å²) in [4.78, 5) is 14.0. The average Bonchev–Trinajstić information content (AvgIpc) is 2.54. The second-order valence-corrected chi connectivity index (χ2v) is 5.19. The van der Waals surface area contributed by atoms with Crippen LogP contribution in [0.15, 0.2) is 48.5 Å².